The lowest BCUT2D eigenvalue weighted by atomic mass is 10.1. The predicted octanol–water partition coefficient (Wildman–Crippen LogP) is 3.89. The number of nitrogens with zero attached hydrogens (tertiary/aromatic N) is 1. The zero-order chi connectivity index (χ0) is 19.0. The Morgan fingerprint density at radius 1 is 1.07 bits per heavy atom. The van der Waals surface area contributed by atoms with Crippen molar-refractivity contribution < 1.29 is 17.9 Å². The largest absolute Gasteiger partial charge is 0.454 e. The molecule has 0 unspecified atom stereocenters. The fraction of sp³-hybridized carbons (Fsp3) is 0. The van der Waals surface area contributed by atoms with E-state index in [1.54, 1.807) is 18.2 Å². The first kappa shape index (κ1) is 17.3. The van der Waals surface area contributed by atoms with Gasteiger partial charge in [0.15, 0.2) is 5.75 Å². The molecule has 0 atom stereocenters. The van der Waals surface area contributed by atoms with Crippen molar-refractivity contribution >= 4 is 38.9 Å². The predicted molar refractivity (Wildman–Crippen MR) is 101 cm³/mol. The molecule has 27 heavy (non-hydrogen) atoms. The summed E-state index contributed by atoms with van der Waals surface area (Å²) in [6.07, 6.45) is 2.72. The van der Waals surface area contributed by atoms with Gasteiger partial charge in [-0.2, -0.15) is 0 Å². The summed E-state index contributed by atoms with van der Waals surface area (Å²) in [4.78, 5) is 16.4. The third-order valence-electron chi connectivity index (χ3n) is 3.83. The van der Waals surface area contributed by atoms with E-state index in [2.05, 4.69) is 15.0 Å². The summed E-state index contributed by atoms with van der Waals surface area (Å²) in [7, 11) is -3.83. The highest BCUT2D eigenvalue weighted by atomic mass is 35.5. The molecule has 0 radical (unpaired) electrons. The minimum absolute atomic E-state index is 0.0164. The zero-order valence-electron chi connectivity index (χ0n) is 13.6. The number of halogens is 1. The summed E-state index contributed by atoms with van der Waals surface area (Å²) < 4.78 is 33.1. The molecular weight excluding hydrogens is 390 g/mol. The van der Waals surface area contributed by atoms with Crippen LogP contribution < -0.4 is 14.8 Å². The number of rotatable bonds is 3. The van der Waals surface area contributed by atoms with Crippen LogP contribution in [0.2, 0.25) is 5.02 Å². The van der Waals surface area contributed by atoms with Crippen molar-refractivity contribution in [3.05, 3.63) is 71.5 Å². The van der Waals surface area contributed by atoms with Crippen LogP contribution in [-0.4, -0.2) is 19.3 Å². The number of pyridine rings is 1. The highest BCUT2D eigenvalue weighted by molar-refractivity contribution is 7.92. The molecule has 7 nitrogen and oxygen atoms in total. The number of nitrogens with one attached hydrogen (secondary N) is 2. The molecular formula is C18H12ClN3O4S. The third kappa shape index (κ3) is 3.44. The van der Waals surface area contributed by atoms with Gasteiger partial charge in [-0.1, -0.05) is 11.6 Å². The van der Waals surface area contributed by atoms with Crippen LogP contribution in [0.1, 0.15) is 10.4 Å². The van der Waals surface area contributed by atoms with Crippen LogP contribution in [0.3, 0.4) is 0 Å². The molecule has 3 aromatic rings. The van der Waals surface area contributed by atoms with Crippen molar-refractivity contribution in [1.29, 1.82) is 0 Å². The van der Waals surface area contributed by atoms with Crippen molar-refractivity contribution in [3.63, 3.8) is 0 Å². The Bertz CT molecular complexity index is 1150. The Kier molecular flexibility index (Phi) is 4.21. The van der Waals surface area contributed by atoms with Gasteiger partial charge >= 0.3 is 0 Å². The smallest absolute Gasteiger partial charge is 0.263 e. The number of anilines is 2. The number of sulfonamides is 1. The molecule has 9 heteroatoms. The lowest BCUT2D eigenvalue weighted by Gasteiger charge is -2.11. The normalized spacial score (nSPS) is 12.9. The second-order valence-corrected chi connectivity index (χ2v) is 7.82. The number of hydrogen-bond donors (Lipinski definition) is 2. The second kappa shape index (κ2) is 6.57. The molecule has 0 aliphatic carbocycles. The first-order valence-electron chi connectivity index (χ1n) is 7.78. The van der Waals surface area contributed by atoms with Gasteiger partial charge in [-0.15, -0.1) is 0 Å². The van der Waals surface area contributed by atoms with Gasteiger partial charge < -0.3 is 10.1 Å². The van der Waals surface area contributed by atoms with E-state index in [1.165, 1.54) is 42.7 Å². The minimum atomic E-state index is -3.83. The van der Waals surface area contributed by atoms with Crippen molar-refractivity contribution in [2.24, 2.45) is 0 Å². The van der Waals surface area contributed by atoms with E-state index in [0.717, 1.165) is 0 Å². The number of ether oxygens (including phenoxy) is 1. The average Bonchev–Trinajstić information content (AvgIpc) is 2.78. The summed E-state index contributed by atoms with van der Waals surface area (Å²) in [6.45, 7) is 0. The summed E-state index contributed by atoms with van der Waals surface area (Å²) in [5, 5.41) is 3.16. The molecule has 2 N–H and O–H groups in total. The standard InChI is InChI=1S/C18H12ClN3O4S/c19-11-3-5-17-15(8-11)21-18(23)14-9-12(4-6-16(14)26-17)22-27(24,25)13-2-1-7-20-10-13/h1-10,22H,(H,21,23). The molecule has 0 fully saturated rings. The molecule has 0 saturated carbocycles. The molecule has 1 aliphatic rings. The highest BCUT2D eigenvalue weighted by Gasteiger charge is 2.23. The molecule has 0 saturated heterocycles. The Morgan fingerprint density at radius 2 is 1.89 bits per heavy atom. The van der Waals surface area contributed by atoms with Crippen LogP contribution in [0.25, 0.3) is 0 Å². The number of benzene rings is 2. The Morgan fingerprint density at radius 3 is 2.67 bits per heavy atom. The van der Waals surface area contributed by atoms with Crippen LogP contribution in [0, 0.1) is 0 Å². The SMILES string of the molecule is O=C1Nc2cc(Cl)ccc2Oc2ccc(NS(=O)(=O)c3cccnc3)cc21. The Labute approximate surface area is 160 Å². The van der Waals surface area contributed by atoms with Gasteiger partial charge in [-0.3, -0.25) is 14.5 Å². The van der Waals surface area contributed by atoms with E-state index in [-0.39, 0.29) is 16.1 Å². The van der Waals surface area contributed by atoms with Gasteiger partial charge in [0, 0.05) is 23.1 Å². The zero-order valence-corrected chi connectivity index (χ0v) is 15.2. The number of aromatic nitrogens is 1. The first-order chi connectivity index (χ1) is 12.9. The van der Waals surface area contributed by atoms with Crippen molar-refractivity contribution in [1.82, 2.24) is 4.98 Å². The van der Waals surface area contributed by atoms with Gasteiger partial charge in [0.2, 0.25) is 0 Å². The number of fused-ring (bicyclic) bond motifs is 2. The first-order valence-corrected chi connectivity index (χ1v) is 9.64. The Hall–Kier alpha value is -3.10. The van der Waals surface area contributed by atoms with E-state index >= 15 is 0 Å². The molecule has 2 heterocycles. The number of carbonyl (C=O) groups is 1. The molecule has 0 spiro atoms. The van der Waals surface area contributed by atoms with Crippen molar-refractivity contribution in [2.75, 3.05) is 10.0 Å². The Balaban J connectivity index is 1.68. The number of amides is 1. The topological polar surface area (TPSA) is 97.4 Å². The molecule has 2 aromatic carbocycles. The quantitative estimate of drug-likeness (QED) is 0.693. The lowest BCUT2D eigenvalue weighted by Crippen LogP contribution is -2.15. The number of carbonyl (C=O) groups excluding carboxylic acids is 1. The van der Waals surface area contributed by atoms with Gasteiger partial charge in [-0.05, 0) is 48.5 Å². The summed E-state index contributed by atoms with van der Waals surface area (Å²) in [5.74, 6) is 0.307. The van der Waals surface area contributed by atoms with Crippen LogP contribution in [0.15, 0.2) is 65.8 Å². The van der Waals surface area contributed by atoms with E-state index in [1.807, 2.05) is 0 Å². The van der Waals surface area contributed by atoms with E-state index in [4.69, 9.17) is 16.3 Å². The summed E-state index contributed by atoms with van der Waals surface area (Å²) in [5.41, 5.74) is 0.843. The minimum Gasteiger partial charge on any atom is -0.454 e. The highest BCUT2D eigenvalue weighted by Crippen LogP contribution is 2.38. The van der Waals surface area contributed by atoms with Crippen molar-refractivity contribution in [2.45, 2.75) is 4.90 Å². The van der Waals surface area contributed by atoms with Crippen LogP contribution in [0.5, 0.6) is 11.5 Å². The van der Waals surface area contributed by atoms with Crippen LogP contribution in [0.4, 0.5) is 11.4 Å². The van der Waals surface area contributed by atoms with Crippen LogP contribution in [-0.2, 0) is 10.0 Å². The molecule has 4 rings (SSSR count). The second-order valence-electron chi connectivity index (χ2n) is 5.70. The maximum Gasteiger partial charge on any atom is 0.263 e. The maximum atomic E-state index is 12.5. The monoisotopic (exact) mass is 401 g/mol. The van der Waals surface area contributed by atoms with Crippen molar-refractivity contribution in [3.8, 4) is 11.5 Å². The lowest BCUT2D eigenvalue weighted by molar-refractivity contribution is 0.102. The average molecular weight is 402 g/mol. The van der Waals surface area contributed by atoms with Gasteiger partial charge in [0.05, 0.1) is 11.3 Å². The number of hydrogen-bond acceptors (Lipinski definition) is 5. The van der Waals surface area contributed by atoms with Gasteiger partial charge in [0.25, 0.3) is 15.9 Å². The van der Waals surface area contributed by atoms with E-state index < -0.39 is 15.9 Å². The fourth-order valence-corrected chi connectivity index (χ4v) is 3.76. The summed E-state index contributed by atoms with van der Waals surface area (Å²) in [6, 6.07) is 12.3. The molecule has 0 bridgehead atoms. The summed E-state index contributed by atoms with van der Waals surface area (Å²) >= 11 is 5.96. The molecule has 1 amide bonds. The fourth-order valence-electron chi connectivity index (χ4n) is 2.58. The molecule has 136 valence electrons. The third-order valence-corrected chi connectivity index (χ3v) is 5.43. The molecule has 1 aliphatic heterocycles. The van der Waals surface area contributed by atoms with Crippen LogP contribution >= 0.6 is 11.6 Å². The molecule has 1 aromatic heterocycles. The van der Waals surface area contributed by atoms with E-state index in [9.17, 15) is 13.2 Å². The van der Waals surface area contributed by atoms with Gasteiger partial charge in [0.1, 0.15) is 10.6 Å². The van der Waals surface area contributed by atoms with E-state index in [0.29, 0.717) is 22.2 Å². The van der Waals surface area contributed by atoms with Gasteiger partial charge in [-0.25, -0.2) is 8.42 Å². The maximum absolute atomic E-state index is 12.5.